The number of rotatable bonds is 2. The quantitative estimate of drug-likeness (QED) is 0.721. The number of aryl methyl sites for hydroxylation is 1. The van der Waals surface area contributed by atoms with Gasteiger partial charge < -0.3 is 9.42 Å². The van der Waals surface area contributed by atoms with Crippen molar-refractivity contribution in [1.82, 2.24) is 15.1 Å². The molecule has 1 saturated heterocycles. The van der Waals surface area contributed by atoms with E-state index in [9.17, 15) is 0 Å². The van der Waals surface area contributed by atoms with Crippen LogP contribution in [-0.2, 0) is 0 Å². The topological polar surface area (TPSA) is 55.1 Å². The van der Waals surface area contributed by atoms with E-state index >= 15 is 0 Å². The maximum Gasteiger partial charge on any atom is 0.140 e. The number of fused-ring (bicyclic) bond motifs is 1. The van der Waals surface area contributed by atoms with Gasteiger partial charge in [0.15, 0.2) is 0 Å². The molecular weight excluding hydrogens is 264 g/mol. The highest BCUT2D eigenvalue weighted by Crippen LogP contribution is 2.37. The van der Waals surface area contributed by atoms with Crippen molar-refractivity contribution in [2.45, 2.75) is 25.8 Å². The minimum atomic E-state index is 0.237. The molecule has 0 unspecified atom stereocenters. The zero-order valence-corrected chi connectivity index (χ0v) is 11.9. The molecule has 2 aromatic heterocycles. The lowest BCUT2D eigenvalue weighted by Crippen LogP contribution is -2.24. The van der Waals surface area contributed by atoms with Crippen LogP contribution in [-0.4, -0.2) is 21.7 Å². The van der Waals surface area contributed by atoms with Gasteiger partial charge in [-0.3, -0.25) is 0 Å². The maximum atomic E-state index is 5.24. The molecule has 5 heteroatoms. The lowest BCUT2D eigenvalue weighted by molar-refractivity contribution is 0.385. The Morgan fingerprint density at radius 3 is 3.00 bits per heavy atom. The van der Waals surface area contributed by atoms with Gasteiger partial charge in [-0.2, -0.15) is 0 Å². The molecule has 0 radical (unpaired) electrons. The third kappa shape index (κ3) is 2.05. The van der Waals surface area contributed by atoms with Gasteiger partial charge in [-0.15, -0.1) is 0 Å². The van der Waals surface area contributed by atoms with Crippen molar-refractivity contribution < 1.29 is 4.52 Å². The molecule has 1 atom stereocenters. The second-order valence-electron chi connectivity index (χ2n) is 5.43. The Labute approximate surface area is 122 Å². The Hall–Kier alpha value is -2.43. The van der Waals surface area contributed by atoms with Gasteiger partial charge in [0.1, 0.15) is 23.6 Å². The predicted molar refractivity (Wildman–Crippen MR) is 80.1 cm³/mol. The number of aromatic nitrogens is 3. The second-order valence-corrected chi connectivity index (χ2v) is 5.43. The standard InChI is InChI=1S/C16H16N4O/c1-11-9-14(19-21-11)15-7-4-8-20(15)16-12-5-2-3-6-13(12)17-10-18-16/h2-3,5-6,9-10,15H,4,7-8H2,1H3/t15-/m0/s1. The van der Waals surface area contributed by atoms with Crippen molar-refractivity contribution in [2.24, 2.45) is 0 Å². The summed E-state index contributed by atoms with van der Waals surface area (Å²) < 4.78 is 5.24. The summed E-state index contributed by atoms with van der Waals surface area (Å²) in [4.78, 5) is 11.2. The molecule has 3 heterocycles. The molecule has 1 aromatic carbocycles. The van der Waals surface area contributed by atoms with Crippen LogP contribution in [0.1, 0.15) is 30.3 Å². The van der Waals surface area contributed by atoms with E-state index in [1.54, 1.807) is 6.33 Å². The molecular formula is C16H16N4O. The number of benzene rings is 1. The Morgan fingerprint density at radius 2 is 2.14 bits per heavy atom. The van der Waals surface area contributed by atoms with Gasteiger partial charge >= 0.3 is 0 Å². The van der Waals surface area contributed by atoms with E-state index < -0.39 is 0 Å². The van der Waals surface area contributed by atoms with Crippen molar-refractivity contribution in [3.8, 4) is 0 Å². The van der Waals surface area contributed by atoms with Crippen molar-refractivity contribution in [1.29, 1.82) is 0 Å². The first-order valence-electron chi connectivity index (χ1n) is 7.22. The summed E-state index contributed by atoms with van der Waals surface area (Å²) in [7, 11) is 0. The molecule has 0 aliphatic carbocycles. The summed E-state index contributed by atoms with van der Waals surface area (Å²) >= 11 is 0. The van der Waals surface area contributed by atoms with Crippen LogP contribution in [0.25, 0.3) is 10.9 Å². The summed E-state index contributed by atoms with van der Waals surface area (Å²) in [5.41, 5.74) is 1.97. The molecule has 1 aliphatic heterocycles. The Balaban J connectivity index is 1.80. The SMILES string of the molecule is Cc1cc([C@@H]2CCCN2c2ncnc3ccccc23)no1. The first-order valence-corrected chi connectivity index (χ1v) is 7.22. The van der Waals surface area contributed by atoms with Crippen LogP contribution in [0.5, 0.6) is 0 Å². The molecule has 0 bridgehead atoms. The zero-order valence-electron chi connectivity index (χ0n) is 11.9. The number of hydrogen-bond donors (Lipinski definition) is 0. The average molecular weight is 280 g/mol. The first kappa shape index (κ1) is 12.3. The maximum absolute atomic E-state index is 5.24. The van der Waals surface area contributed by atoms with E-state index in [1.165, 1.54) is 0 Å². The molecule has 106 valence electrons. The van der Waals surface area contributed by atoms with E-state index in [0.717, 1.165) is 47.6 Å². The lowest BCUT2D eigenvalue weighted by atomic mass is 10.1. The molecule has 0 amide bonds. The second kappa shape index (κ2) is 4.84. The fourth-order valence-electron chi connectivity index (χ4n) is 3.09. The van der Waals surface area contributed by atoms with Crippen molar-refractivity contribution in [3.05, 3.63) is 48.1 Å². The molecule has 4 rings (SSSR count). The highest BCUT2D eigenvalue weighted by molar-refractivity contribution is 5.89. The summed E-state index contributed by atoms with van der Waals surface area (Å²) in [6, 6.07) is 10.4. The molecule has 1 fully saturated rings. The predicted octanol–water partition coefficient (Wildman–Crippen LogP) is 3.27. The van der Waals surface area contributed by atoms with Crippen LogP contribution in [0.3, 0.4) is 0 Å². The van der Waals surface area contributed by atoms with Crippen LogP contribution < -0.4 is 4.90 Å². The Bertz CT molecular complexity index is 777. The molecule has 5 nitrogen and oxygen atoms in total. The van der Waals surface area contributed by atoms with Crippen LogP contribution >= 0.6 is 0 Å². The van der Waals surface area contributed by atoms with Crippen LogP contribution in [0.4, 0.5) is 5.82 Å². The van der Waals surface area contributed by atoms with Crippen molar-refractivity contribution >= 4 is 16.7 Å². The smallest absolute Gasteiger partial charge is 0.140 e. The normalized spacial score (nSPS) is 18.5. The van der Waals surface area contributed by atoms with Crippen molar-refractivity contribution in [3.63, 3.8) is 0 Å². The fraction of sp³-hybridized carbons (Fsp3) is 0.312. The lowest BCUT2D eigenvalue weighted by Gasteiger charge is -2.25. The molecule has 3 aromatic rings. The zero-order chi connectivity index (χ0) is 14.2. The van der Waals surface area contributed by atoms with Gasteiger partial charge in [0.05, 0.1) is 11.6 Å². The van der Waals surface area contributed by atoms with Gasteiger partial charge in [-0.25, -0.2) is 9.97 Å². The summed E-state index contributed by atoms with van der Waals surface area (Å²) in [6.07, 6.45) is 3.85. The molecule has 0 spiro atoms. The van der Waals surface area contributed by atoms with E-state index in [2.05, 4.69) is 26.1 Å². The summed E-state index contributed by atoms with van der Waals surface area (Å²) in [6.45, 7) is 2.91. The minimum Gasteiger partial charge on any atom is -0.361 e. The molecule has 0 N–H and O–H groups in total. The average Bonchev–Trinajstić information content (AvgIpc) is 3.15. The van der Waals surface area contributed by atoms with E-state index in [1.807, 2.05) is 31.2 Å². The van der Waals surface area contributed by atoms with Gasteiger partial charge in [0.25, 0.3) is 0 Å². The van der Waals surface area contributed by atoms with E-state index in [-0.39, 0.29) is 6.04 Å². The number of hydrogen-bond acceptors (Lipinski definition) is 5. The highest BCUT2D eigenvalue weighted by Gasteiger charge is 2.30. The third-order valence-corrected chi connectivity index (χ3v) is 4.03. The first-order chi connectivity index (χ1) is 10.3. The number of para-hydroxylation sites is 1. The van der Waals surface area contributed by atoms with Crippen LogP contribution in [0, 0.1) is 6.92 Å². The Morgan fingerprint density at radius 1 is 1.24 bits per heavy atom. The molecule has 21 heavy (non-hydrogen) atoms. The highest BCUT2D eigenvalue weighted by atomic mass is 16.5. The van der Waals surface area contributed by atoms with E-state index in [0.29, 0.717) is 0 Å². The third-order valence-electron chi connectivity index (χ3n) is 4.03. The molecule has 1 aliphatic rings. The summed E-state index contributed by atoms with van der Waals surface area (Å²) in [5, 5.41) is 5.28. The number of nitrogens with zero attached hydrogens (tertiary/aromatic N) is 4. The van der Waals surface area contributed by atoms with Crippen LogP contribution in [0.2, 0.25) is 0 Å². The van der Waals surface area contributed by atoms with Gasteiger partial charge in [0.2, 0.25) is 0 Å². The Kier molecular flexibility index (Phi) is 2.84. The number of anilines is 1. The largest absolute Gasteiger partial charge is 0.361 e. The van der Waals surface area contributed by atoms with Crippen LogP contribution in [0.15, 0.2) is 41.2 Å². The fourth-order valence-corrected chi connectivity index (χ4v) is 3.09. The summed E-state index contributed by atoms with van der Waals surface area (Å²) in [5.74, 6) is 1.84. The minimum absolute atomic E-state index is 0.237. The molecule has 0 saturated carbocycles. The van der Waals surface area contributed by atoms with Gasteiger partial charge in [0, 0.05) is 18.0 Å². The van der Waals surface area contributed by atoms with Gasteiger partial charge in [-0.1, -0.05) is 17.3 Å². The monoisotopic (exact) mass is 280 g/mol. The van der Waals surface area contributed by atoms with E-state index in [4.69, 9.17) is 4.52 Å². The van der Waals surface area contributed by atoms with Gasteiger partial charge in [-0.05, 0) is 31.9 Å². The van der Waals surface area contributed by atoms with Crippen molar-refractivity contribution in [2.75, 3.05) is 11.4 Å².